The van der Waals surface area contributed by atoms with Gasteiger partial charge in [0.25, 0.3) is 0 Å². The molecule has 0 unspecified atom stereocenters. The van der Waals surface area contributed by atoms with Gasteiger partial charge in [-0.2, -0.15) is 0 Å². The summed E-state index contributed by atoms with van der Waals surface area (Å²) in [5.74, 6) is 0.130. The number of benzene rings is 3. The summed E-state index contributed by atoms with van der Waals surface area (Å²) < 4.78 is 2.31. The Morgan fingerprint density at radius 1 is 0.911 bits per heavy atom. The fraction of sp³-hybridized carbons (Fsp3) is 0.447. The Bertz CT molecular complexity index is 1610. The molecule has 1 heterocycles. The van der Waals surface area contributed by atoms with Crippen molar-refractivity contribution in [1.82, 2.24) is 14.9 Å². The molecule has 0 bridgehead atoms. The highest BCUT2D eigenvalue weighted by atomic mass is 16.4. The molecule has 4 aromatic rings. The zero-order chi connectivity index (χ0) is 31.2. The number of carboxylic acid groups (broad SMARTS) is 1. The van der Waals surface area contributed by atoms with Crippen molar-refractivity contribution in [2.24, 2.45) is 0 Å². The van der Waals surface area contributed by atoms with Gasteiger partial charge in [-0.15, -0.1) is 0 Å². The molecular formula is C38H46N4O3. The smallest absolute Gasteiger partial charge is 0.336 e. The van der Waals surface area contributed by atoms with E-state index in [9.17, 15) is 14.7 Å². The first-order valence-electron chi connectivity index (χ1n) is 17.0. The highest BCUT2D eigenvalue weighted by Crippen LogP contribution is 2.32. The van der Waals surface area contributed by atoms with E-state index in [0.717, 1.165) is 91.5 Å². The number of imidazole rings is 1. The molecule has 0 radical (unpaired) electrons. The predicted molar refractivity (Wildman–Crippen MR) is 181 cm³/mol. The summed E-state index contributed by atoms with van der Waals surface area (Å²) >= 11 is 0. The quantitative estimate of drug-likeness (QED) is 0.189. The number of amides is 2. The number of fused-ring (bicyclic) bond motifs is 1. The number of hydrogen-bond donors (Lipinski definition) is 2. The lowest BCUT2D eigenvalue weighted by Gasteiger charge is -2.36. The summed E-state index contributed by atoms with van der Waals surface area (Å²) in [6.45, 7) is 2.85. The summed E-state index contributed by atoms with van der Waals surface area (Å²) in [5.41, 5.74) is 5.97. The second kappa shape index (κ2) is 14.3. The van der Waals surface area contributed by atoms with Crippen LogP contribution >= 0.6 is 0 Å². The van der Waals surface area contributed by atoms with Gasteiger partial charge in [-0.05, 0) is 73.1 Å². The highest BCUT2D eigenvalue weighted by Gasteiger charge is 2.29. The molecule has 2 N–H and O–H groups in total. The first kappa shape index (κ1) is 30.9. The molecule has 0 atom stereocenters. The molecule has 0 aliphatic heterocycles. The first-order chi connectivity index (χ1) is 22.0. The van der Waals surface area contributed by atoms with Crippen LogP contribution in [0.1, 0.15) is 106 Å². The number of nitrogens with zero attached hydrogens (tertiary/aromatic N) is 3. The molecular weight excluding hydrogens is 560 g/mol. The minimum atomic E-state index is -0.925. The number of rotatable bonds is 10. The number of carboxylic acids is 1. The first-order valence-corrected chi connectivity index (χ1v) is 17.0. The van der Waals surface area contributed by atoms with E-state index >= 15 is 0 Å². The molecule has 7 heteroatoms. The second-order valence-electron chi connectivity index (χ2n) is 12.9. The minimum absolute atomic E-state index is 0.0441. The third-order valence-electron chi connectivity index (χ3n) is 9.70. The van der Waals surface area contributed by atoms with E-state index in [4.69, 9.17) is 4.98 Å². The van der Waals surface area contributed by atoms with Crippen LogP contribution < -0.4 is 10.2 Å². The van der Waals surface area contributed by atoms with Gasteiger partial charge >= 0.3 is 12.0 Å². The number of carbonyl (C=O) groups is 2. The monoisotopic (exact) mass is 606 g/mol. The van der Waals surface area contributed by atoms with Crippen LogP contribution in [0.3, 0.4) is 0 Å². The molecule has 0 saturated heterocycles. The Morgan fingerprint density at radius 2 is 1.62 bits per heavy atom. The molecule has 236 valence electrons. The van der Waals surface area contributed by atoms with Gasteiger partial charge in [0.05, 0.1) is 16.6 Å². The minimum Gasteiger partial charge on any atom is -0.478 e. The van der Waals surface area contributed by atoms with E-state index in [0.29, 0.717) is 17.7 Å². The fourth-order valence-corrected chi connectivity index (χ4v) is 7.23. The fourth-order valence-electron chi connectivity index (χ4n) is 7.23. The zero-order valence-electron chi connectivity index (χ0n) is 26.5. The number of carbonyl (C=O) groups excluding carboxylic acids is 1. The molecule has 6 rings (SSSR count). The van der Waals surface area contributed by atoms with Gasteiger partial charge in [-0.25, -0.2) is 14.6 Å². The summed E-state index contributed by atoms with van der Waals surface area (Å²) in [7, 11) is 0. The van der Waals surface area contributed by atoms with Crippen molar-refractivity contribution in [2.45, 2.75) is 109 Å². The third kappa shape index (κ3) is 7.08. The number of aryl methyl sites for hydroxylation is 1. The molecule has 7 nitrogen and oxygen atoms in total. The van der Waals surface area contributed by atoms with Crippen LogP contribution in [-0.4, -0.2) is 38.7 Å². The van der Waals surface area contributed by atoms with Crippen molar-refractivity contribution in [1.29, 1.82) is 0 Å². The van der Waals surface area contributed by atoms with Crippen molar-refractivity contribution < 1.29 is 14.7 Å². The van der Waals surface area contributed by atoms with Gasteiger partial charge in [0.2, 0.25) is 0 Å². The number of aromatic carboxylic acids is 1. The Kier molecular flexibility index (Phi) is 9.82. The van der Waals surface area contributed by atoms with Crippen molar-refractivity contribution in [3.05, 3.63) is 83.7 Å². The summed E-state index contributed by atoms with van der Waals surface area (Å²) in [6, 6.07) is 22.2. The molecule has 2 aliphatic rings. The van der Waals surface area contributed by atoms with Crippen molar-refractivity contribution >= 4 is 28.7 Å². The maximum atomic E-state index is 13.9. The Hall–Kier alpha value is -4.13. The lowest BCUT2D eigenvalue weighted by Crippen LogP contribution is -2.50. The number of urea groups is 1. The molecule has 0 spiro atoms. The molecule has 3 aromatic carbocycles. The van der Waals surface area contributed by atoms with Gasteiger partial charge in [-0.3, -0.25) is 4.90 Å². The maximum absolute atomic E-state index is 13.9. The molecule has 2 fully saturated rings. The van der Waals surface area contributed by atoms with Crippen LogP contribution in [-0.2, 0) is 13.0 Å². The van der Waals surface area contributed by atoms with Crippen LogP contribution in [0.2, 0.25) is 0 Å². The van der Waals surface area contributed by atoms with E-state index in [2.05, 4.69) is 52.0 Å². The maximum Gasteiger partial charge on any atom is 0.336 e. The van der Waals surface area contributed by atoms with E-state index in [1.807, 2.05) is 24.3 Å². The molecule has 1 aromatic heterocycles. The van der Waals surface area contributed by atoms with Gasteiger partial charge < -0.3 is 15.0 Å². The summed E-state index contributed by atoms with van der Waals surface area (Å²) in [5, 5.41) is 13.1. The molecule has 2 aliphatic carbocycles. The Morgan fingerprint density at radius 3 is 2.33 bits per heavy atom. The van der Waals surface area contributed by atoms with Gasteiger partial charge in [0.1, 0.15) is 5.82 Å². The predicted octanol–water partition coefficient (Wildman–Crippen LogP) is 8.97. The van der Waals surface area contributed by atoms with E-state index < -0.39 is 5.97 Å². The second-order valence-corrected chi connectivity index (χ2v) is 12.9. The standard InChI is InChI=1S/C38H46N4O3/c1-2-3-18-36-40-34-24-23-31(42(30-14-8-5-9-15-30)38(45)39-29-12-6-4-7-13-29)25-35(34)41(36)26-27-19-21-28(22-20-27)32-16-10-11-17-33(32)37(43)44/h10-11,16-17,19-25,29-30H,2-9,12-15,18,26H2,1H3,(H,39,45)(H,43,44). The number of hydrogen-bond acceptors (Lipinski definition) is 3. The highest BCUT2D eigenvalue weighted by molar-refractivity contribution is 5.96. The van der Waals surface area contributed by atoms with E-state index in [-0.39, 0.29) is 18.1 Å². The van der Waals surface area contributed by atoms with Crippen LogP contribution in [0, 0.1) is 0 Å². The Labute approximate surface area is 266 Å². The number of unbranched alkanes of at least 4 members (excludes halogenated alkanes) is 1. The van der Waals surface area contributed by atoms with E-state index in [1.54, 1.807) is 12.1 Å². The molecule has 45 heavy (non-hydrogen) atoms. The zero-order valence-corrected chi connectivity index (χ0v) is 26.5. The van der Waals surface area contributed by atoms with Crippen molar-refractivity contribution in [3.63, 3.8) is 0 Å². The van der Waals surface area contributed by atoms with Crippen LogP contribution in [0.5, 0.6) is 0 Å². The average Bonchev–Trinajstić information content (AvgIpc) is 3.41. The van der Waals surface area contributed by atoms with Crippen LogP contribution in [0.15, 0.2) is 66.7 Å². The molecule has 2 saturated carbocycles. The number of nitrogens with one attached hydrogen (secondary N) is 1. The van der Waals surface area contributed by atoms with Gasteiger partial charge in [0, 0.05) is 30.7 Å². The van der Waals surface area contributed by atoms with E-state index in [1.165, 1.54) is 25.7 Å². The van der Waals surface area contributed by atoms with Gasteiger partial charge in [-0.1, -0.05) is 94.3 Å². The summed E-state index contributed by atoms with van der Waals surface area (Å²) in [4.78, 5) is 32.9. The largest absolute Gasteiger partial charge is 0.478 e. The third-order valence-corrected chi connectivity index (χ3v) is 9.70. The SMILES string of the molecule is CCCCc1nc2ccc(N(C(=O)NC3CCCCC3)C3CCCCC3)cc2n1Cc1ccc(-c2ccccc2C(=O)O)cc1. The lowest BCUT2D eigenvalue weighted by atomic mass is 9.93. The van der Waals surface area contributed by atoms with Crippen molar-refractivity contribution in [2.75, 3.05) is 4.90 Å². The average molecular weight is 607 g/mol. The number of aromatic nitrogens is 2. The van der Waals surface area contributed by atoms with Crippen LogP contribution in [0.4, 0.5) is 10.5 Å². The number of anilines is 1. The summed E-state index contributed by atoms with van der Waals surface area (Å²) in [6.07, 6.45) is 14.4. The topological polar surface area (TPSA) is 87.5 Å². The molecule has 2 amide bonds. The van der Waals surface area contributed by atoms with Crippen molar-refractivity contribution in [3.8, 4) is 11.1 Å². The van der Waals surface area contributed by atoms with Gasteiger partial charge in [0.15, 0.2) is 0 Å². The lowest BCUT2D eigenvalue weighted by molar-refractivity contribution is 0.0697. The Balaban J connectivity index is 1.33. The normalized spacial score (nSPS) is 16.1. The van der Waals surface area contributed by atoms with Crippen LogP contribution in [0.25, 0.3) is 22.2 Å².